The van der Waals surface area contributed by atoms with E-state index in [0.717, 1.165) is 38.2 Å². The molecule has 0 aromatic heterocycles. The third-order valence-electron chi connectivity index (χ3n) is 4.48. The Morgan fingerprint density at radius 3 is 3.00 bits per heavy atom. The molecule has 1 spiro atoms. The van der Waals surface area contributed by atoms with E-state index in [1.807, 2.05) is 12.1 Å². The van der Waals surface area contributed by atoms with Gasteiger partial charge in [0.2, 0.25) is 5.91 Å². The van der Waals surface area contributed by atoms with E-state index in [1.165, 1.54) is 18.4 Å². The fourth-order valence-electron chi connectivity index (χ4n) is 2.90. The molecule has 0 aliphatic heterocycles. The third kappa shape index (κ3) is 2.97. The quantitative estimate of drug-likeness (QED) is 0.829. The molecule has 0 radical (unpaired) electrons. The predicted molar refractivity (Wildman–Crippen MR) is 78.7 cm³/mol. The Morgan fingerprint density at radius 1 is 1.45 bits per heavy atom. The Kier molecular flexibility index (Phi) is 3.68. The summed E-state index contributed by atoms with van der Waals surface area (Å²) in [6, 6.07) is 8.16. The van der Waals surface area contributed by atoms with Gasteiger partial charge in [-0.2, -0.15) is 0 Å². The summed E-state index contributed by atoms with van der Waals surface area (Å²) >= 11 is 0. The van der Waals surface area contributed by atoms with Crippen molar-refractivity contribution in [2.75, 3.05) is 13.2 Å². The molecular weight excluding hydrogens is 250 g/mol. The van der Waals surface area contributed by atoms with Crippen LogP contribution in [0.4, 0.5) is 0 Å². The average Bonchev–Trinajstić information content (AvgIpc) is 3.37. The van der Waals surface area contributed by atoms with Gasteiger partial charge < -0.3 is 10.1 Å². The molecule has 0 bridgehead atoms. The Morgan fingerprint density at radius 2 is 2.30 bits per heavy atom. The summed E-state index contributed by atoms with van der Waals surface area (Å²) in [5.41, 5.74) is 1.67. The monoisotopic (exact) mass is 273 g/mol. The van der Waals surface area contributed by atoms with Crippen LogP contribution >= 0.6 is 0 Å². The lowest BCUT2D eigenvalue weighted by Crippen LogP contribution is -2.27. The number of benzene rings is 1. The molecular formula is C17H23NO2. The van der Waals surface area contributed by atoms with E-state index in [9.17, 15) is 4.79 Å². The fourth-order valence-corrected chi connectivity index (χ4v) is 2.90. The van der Waals surface area contributed by atoms with Gasteiger partial charge in [0.05, 0.1) is 6.61 Å². The molecule has 1 aromatic carbocycles. The van der Waals surface area contributed by atoms with Crippen molar-refractivity contribution in [3.63, 3.8) is 0 Å². The minimum absolute atomic E-state index is 0.265. The first-order valence-electron chi connectivity index (χ1n) is 7.73. The van der Waals surface area contributed by atoms with Crippen molar-refractivity contribution in [1.29, 1.82) is 0 Å². The SMILES string of the molecule is CCCOc1cccc(CCNC(=O)C2CC23CC3)c1. The predicted octanol–water partition coefficient (Wildman–Crippen LogP) is 2.93. The van der Waals surface area contributed by atoms with Crippen LogP contribution in [0.2, 0.25) is 0 Å². The maximum Gasteiger partial charge on any atom is 0.223 e. The normalized spacial score (nSPS) is 21.6. The van der Waals surface area contributed by atoms with Crippen molar-refractivity contribution >= 4 is 5.91 Å². The molecule has 1 unspecified atom stereocenters. The molecule has 2 aliphatic rings. The van der Waals surface area contributed by atoms with Crippen LogP contribution < -0.4 is 10.1 Å². The van der Waals surface area contributed by atoms with Crippen molar-refractivity contribution in [3.8, 4) is 5.75 Å². The smallest absolute Gasteiger partial charge is 0.223 e. The molecule has 0 heterocycles. The van der Waals surface area contributed by atoms with Gasteiger partial charge in [0.15, 0.2) is 0 Å². The van der Waals surface area contributed by atoms with Crippen molar-refractivity contribution in [2.24, 2.45) is 11.3 Å². The third-order valence-corrected chi connectivity index (χ3v) is 4.48. The van der Waals surface area contributed by atoms with E-state index >= 15 is 0 Å². The Bertz CT molecular complexity index is 494. The standard InChI is InChI=1S/C17H23NO2/c1-2-10-20-14-5-3-4-13(11-14)6-9-18-16(19)15-12-17(15)7-8-17/h3-5,11,15H,2,6-10,12H2,1H3,(H,18,19). The fraction of sp³-hybridized carbons (Fsp3) is 0.588. The summed E-state index contributed by atoms with van der Waals surface area (Å²) in [5.74, 6) is 1.51. The Labute approximate surface area is 120 Å². The highest BCUT2D eigenvalue weighted by Crippen LogP contribution is 2.70. The van der Waals surface area contributed by atoms with Crippen LogP contribution in [-0.2, 0) is 11.2 Å². The van der Waals surface area contributed by atoms with E-state index in [4.69, 9.17) is 4.74 Å². The minimum atomic E-state index is 0.265. The molecule has 1 N–H and O–H groups in total. The zero-order valence-electron chi connectivity index (χ0n) is 12.2. The largest absolute Gasteiger partial charge is 0.494 e. The second-order valence-corrected chi connectivity index (χ2v) is 6.16. The number of nitrogens with one attached hydrogen (secondary N) is 1. The number of hydrogen-bond acceptors (Lipinski definition) is 2. The maximum atomic E-state index is 11.9. The maximum absolute atomic E-state index is 11.9. The first kappa shape index (κ1) is 13.5. The molecule has 3 heteroatoms. The van der Waals surface area contributed by atoms with E-state index in [1.54, 1.807) is 0 Å². The van der Waals surface area contributed by atoms with Crippen LogP contribution in [0.3, 0.4) is 0 Å². The number of ether oxygens (including phenoxy) is 1. The molecule has 1 amide bonds. The minimum Gasteiger partial charge on any atom is -0.494 e. The van der Waals surface area contributed by atoms with E-state index in [-0.39, 0.29) is 5.91 Å². The summed E-state index contributed by atoms with van der Waals surface area (Å²) in [5, 5.41) is 3.07. The topological polar surface area (TPSA) is 38.3 Å². The number of amides is 1. The summed E-state index contributed by atoms with van der Waals surface area (Å²) in [4.78, 5) is 11.9. The van der Waals surface area contributed by atoms with E-state index in [0.29, 0.717) is 11.3 Å². The summed E-state index contributed by atoms with van der Waals surface area (Å²) in [7, 11) is 0. The van der Waals surface area contributed by atoms with Gasteiger partial charge in [0.1, 0.15) is 5.75 Å². The second kappa shape index (κ2) is 5.47. The summed E-state index contributed by atoms with van der Waals surface area (Å²) in [6.07, 6.45) is 5.54. The van der Waals surface area contributed by atoms with E-state index < -0.39 is 0 Å². The highest BCUT2D eigenvalue weighted by atomic mass is 16.5. The van der Waals surface area contributed by atoms with Crippen molar-refractivity contribution < 1.29 is 9.53 Å². The lowest BCUT2D eigenvalue weighted by Gasteiger charge is -2.08. The van der Waals surface area contributed by atoms with Gasteiger partial charge in [-0.25, -0.2) is 0 Å². The summed E-state index contributed by atoms with van der Waals surface area (Å²) < 4.78 is 5.62. The molecule has 1 atom stereocenters. The lowest BCUT2D eigenvalue weighted by atomic mass is 10.1. The van der Waals surface area contributed by atoms with Crippen LogP contribution in [0.1, 0.15) is 38.2 Å². The molecule has 3 nitrogen and oxygen atoms in total. The van der Waals surface area contributed by atoms with Crippen LogP contribution in [0, 0.1) is 11.3 Å². The first-order chi connectivity index (χ1) is 9.73. The van der Waals surface area contributed by atoms with Crippen molar-refractivity contribution in [1.82, 2.24) is 5.32 Å². The highest BCUT2D eigenvalue weighted by molar-refractivity contribution is 5.83. The van der Waals surface area contributed by atoms with Crippen LogP contribution in [0.25, 0.3) is 0 Å². The Balaban J connectivity index is 1.42. The molecule has 2 fully saturated rings. The molecule has 2 aliphatic carbocycles. The van der Waals surface area contributed by atoms with Crippen molar-refractivity contribution in [2.45, 2.75) is 39.0 Å². The van der Waals surface area contributed by atoms with Crippen molar-refractivity contribution in [3.05, 3.63) is 29.8 Å². The molecule has 0 saturated heterocycles. The van der Waals surface area contributed by atoms with Gasteiger partial charge in [-0.1, -0.05) is 19.1 Å². The molecule has 20 heavy (non-hydrogen) atoms. The van der Waals surface area contributed by atoms with Gasteiger partial charge in [0, 0.05) is 12.5 Å². The van der Waals surface area contributed by atoms with Gasteiger partial charge in [-0.3, -0.25) is 4.79 Å². The number of rotatable bonds is 7. The highest BCUT2D eigenvalue weighted by Gasteiger charge is 2.65. The van der Waals surface area contributed by atoms with Crippen LogP contribution in [0.15, 0.2) is 24.3 Å². The number of carbonyl (C=O) groups is 1. The zero-order valence-corrected chi connectivity index (χ0v) is 12.2. The van der Waals surface area contributed by atoms with Gasteiger partial charge in [-0.15, -0.1) is 0 Å². The average molecular weight is 273 g/mol. The van der Waals surface area contributed by atoms with Gasteiger partial charge in [0.25, 0.3) is 0 Å². The van der Waals surface area contributed by atoms with Gasteiger partial charge >= 0.3 is 0 Å². The zero-order chi connectivity index (χ0) is 14.0. The van der Waals surface area contributed by atoms with Gasteiger partial charge in [-0.05, 0) is 55.2 Å². The second-order valence-electron chi connectivity index (χ2n) is 6.16. The number of carbonyl (C=O) groups excluding carboxylic acids is 1. The van der Waals surface area contributed by atoms with Crippen LogP contribution in [0.5, 0.6) is 5.75 Å². The number of hydrogen-bond donors (Lipinski definition) is 1. The summed E-state index contributed by atoms with van der Waals surface area (Å²) in [6.45, 7) is 3.58. The molecule has 3 rings (SSSR count). The molecule has 1 aromatic rings. The first-order valence-corrected chi connectivity index (χ1v) is 7.73. The lowest BCUT2D eigenvalue weighted by molar-refractivity contribution is -0.122. The Hall–Kier alpha value is -1.51. The molecule has 108 valence electrons. The van der Waals surface area contributed by atoms with E-state index in [2.05, 4.69) is 24.4 Å². The molecule has 2 saturated carbocycles. The van der Waals surface area contributed by atoms with Crippen LogP contribution in [-0.4, -0.2) is 19.1 Å².